The lowest BCUT2D eigenvalue weighted by molar-refractivity contribution is -0.159. The highest BCUT2D eigenvalue weighted by molar-refractivity contribution is 7.80. The first-order chi connectivity index (χ1) is 58.2. The number of amides is 2. The van der Waals surface area contributed by atoms with Crippen molar-refractivity contribution in [2.75, 3.05) is 6.54 Å². The summed E-state index contributed by atoms with van der Waals surface area (Å²) < 4.78 is 100. The van der Waals surface area contributed by atoms with E-state index in [2.05, 4.69) is 15.6 Å². The predicted molar refractivity (Wildman–Crippen MR) is 456 cm³/mol. The van der Waals surface area contributed by atoms with E-state index in [1.165, 1.54) is 104 Å². The lowest BCUT2D eigenvalue weighted by Gasteiger charge is -2.31. The van der Waals surface area contributed by atoms with Gasteiger partial charge in [0, 0.05) is 178 Å². The molecule has 0 radical (unpaired) electrons. The third kappa shape index (κ3) is 61.7. The van der Waals surface area contributed by atoms with Gasteiger partial charge in [0.2, 0.25) is 17.8 Å². The number of rotatable bonds is 58. The number of carbonyl (C=O) groups is 15. The van der Waals surface area contributed by atoms with Crippen molar-refractivity contribution in [2.45, 2.75) is 281 Å². The van der Waals surface area contributed by atoms with Crippen molar-refractivity contribution in [3.63, 3.8) is 0 Å². The normalized spacial score (nSPS) is 15.9. The molecular weight excluding hydrogens is 1640 g/mol. The average molecular weight is 1770 g/mol. The number of ketones is 1. The third-order valence-electron chi connectivity index (χ3n) is 17.0. The number of nitrogens with zero attached hydrogens (tertiary/aromatic N) is 1. The zero-order valence-corrected chi connectivity index (χ0v) is 74.6. The highest BCUT2D eigenvalue weighted by atomic mass is 32.3. The fourth-order valence-corrected chi connectivity index (χ4v) is 12.5. The predicted octanol–water partition coefficient (Wildman–Crippen LogP) is 11.7. The van der Waals surface area contributed by atoms with Crippen molar-refractivity contribution in [3.05, 3.63) is 157 Å². The van der Waals surface area contributed by atoms with E-state index in [4.69, 9.17) is 61.4 Å². The maximum absolute atomic E-state index is 14.0. The van der Waals surface area contributed by atoms with E-state index in [-0.39, 0.29) is 88.2 Å². The van der Waals surface area contributed by atoms with Crippen molar-refractivity contribution in [1.29, 1.82) is 0 Å². The Balaban J connectivity index is 6.56. The van der Waals surface area contributed by atoms with Gasteiger partial charge in [0.15, 0.2) is 0 Å². The van der Waals surface area contributed by atoms with Gasteiger partial charge in [-0.25, -0.2) is 8.98 Å². The summed E-state index contributed by atoms with van der Waals surface area (Å²) in [6.45, 7) is 21.9. The standard InChI is InChI=1S/C89H125N3O31S/c1-58(40-32-28-24-23-25-29-33-41-59(2)88(107)108)87(122-74(17)105)61(4)85(121-73(16)104)49-34-30-26-21-19-18-20-22-27-31-35-50-86(123-124(109,110)111)60(3)84(106)57-83(120-72(15)103)56-80(117-69(12)100)47-38-43-76(113-65(8)96)52-75(112-64(7)95)42-36-45-78(115-67(10)98)54-82(119-71(14)102)55-79(116-68(11)99)46-37-44-77(114-66(9)97)53-81(118-70(13)101)48-39-51-90-89(91-62(5)93)92-63(6)94/h18-23,25-27,29-38,40-42,46-47,49,58,60-61,75-83,85-87H,24,28,39,43-45,48,50-57H2,1-17H3,(H,107,108)(H,109,110,111)(H2,90,91,92,93,94). The molecule has 34 nitrogen and oxygen atoms in total. The van der Waals surface area contributed by atoms with Gasteiger partial charge in [0.1, 0.15) is 72.9 Å². The Labute approximate surface area is 726 Å². The number of carboxylic acid groups (broad SMARTS) is 1. The Bertz CT molecular complexity index is 4040. The van der Waals surface area contributed by atoms with Gasteiger partial charge in [0.25, 0.3) is 0 Å². The van der Waals surface area contributed by atoms with Crippen LogP contribution in [0.2, 0.25) is 0 Å². The van der Waals surface area contributed by atoms with Gasteiger partial charge in [-0.3, -0.25) is 87.3 Å². The smallest absolute Gasteiger partial charge is 0.397 e. The molecule has 0 rings (SSSR count). The Kier molecular flexibility index (Phi) is 58.2. The van der Waals surface area contributed by atoms with Crippen LogP contribution in [-0.4, -0.2) is 193 Å². The lowest BCUT2D eigenvalue weighted by atomic mass is 9.88. The fraction of sp³-hybridized carbons (Fsp3) is 0.528. The highest BCUT2D eigenvalue weighted by Crippen LogP contribution is 2.28. The van der Waals surface area contributed by atoms with E-state index < -0.39 is 191 Å². The molecule has 0 aliphatic rings. The molecule has 0 saturated carbocycles. The molecule has 35 heteroatoms. The molecule has 4 N–H and O–H groups in total. The van der Waals surface area contributed by atoms with Gasteiger partial charge in [-0.15, -0.1) is 0 Å². The average Bonchev–Trinajstić information content (AvgIpc) is 0.859. The Morgan fingerprint density at radius 1 is 0.379 bits per heavy atom. The minimum Gasteiger partial charge on any atom is -0.478 e. The summed E-state index contributed by atoms with van der Waals surface area (Å²) in [5.74, 6) is -12.3. The van der Waals surface area contributed by atoms with Gasteiger partial charge in [-0.1, -0.05) is 148 Å². The number of carbonyl (C=O) groups excluding carboxylic acids is 14. The second kappa shape index (κ2) is 64.2. The van der Waals surface area contributed by atoms with Crippen LogP contribution in [0.4, 0.5) is 0 Å². The van der Waals surface area contributed by atoms with E-state index in [0.29, 0.717) is 19.3 Å². The molecule has 0 saturated heterocycles. The molecule has 0 aromatic carbocycles. The van der Waals surface area contributed by atoms with E-state index >= 15 is 0 Å². The van der Waals surface area contributed by atoms with Crippen LogP contribution in [0.3, 0.4) is 0 Å². The van der Waals surface area contributed by atoms with Gasteiger partial charge in [0.05, 0.1) is 6.10 Å². The highest BCUT2D eigenvalue weighted by Gasteiger charge is 2.35. The molecule has 15 atom stereocenters. The summed E-state index contributed by atoms with van der Waals surface area (Å²) >= 11 is 0. The summed E-state index contributed by atoms with van der Waals surface area (Å²) in [5.41, 5.74) is 0.215. The van der Waals surface area contributed by atoms with Gasteiger partial charge >= 0.3 is 82.0 Å². The number of hydrogen-bond donors (Lipinski definition) is 4. The largest absolute Gasteiger partial charge is 0.478 e. The van der Waals surface area contributed by atoms with Crippen molar-refractivity contribution in [3.8, 4) is 0 Å². The molecule has 0 spiro atoms. The van der Waals surface area contributed by atoms with E-state index in [0.717, 1.165) is 48.5 Å². The molecule has 0 fully saturated rings. The lowest BCUT2D eigenvalue weighted by Crippen LogP contribution is -2.42. The van der Waals surface area contributed by atoms with Crippen LogP contribution in [0, 0.1) is 17.8 Å². The van der Waals surface area contributed by atoms with Crippen LogP contribution >= 0.6 is 0 Å². The number of aliphatic carboxylic acids is 1. The number of hydrogen-bond acceptors (Lipinski definition) is 30. The summed E-state index contributed by atoms with van der Waals surface area (Å²) in [6, 6.07) is 0. The number of unbranched alkanes of at least 4 members (excludes halogenated alkanes) is 1. The first kappa shape index (κ1) is 112. The number of Topliss-reactive ketones (excluding diaryl/α,β-unsaturated/α-hetero) is 1. The minimum atomic E-state index is -5.13. The first-order valence-electron chi connectivity index (χ1n) is 40.3. The van der Waals surface area contributed by atoms with Gasteiger partial charge < -0.3 is 57.2 Å². The maximum atomic E-state index is 14.0. The summed E-state index contributed by atoms with van der Waals surface area (Å²) in [7, 11) is -5.13. The number of ether oxygens (including phenoxy) is 11. The molecule has 15 unspecified atom stereocenters. The van der Waals surface area contributed by atoms with Crippen molar-refractivity contribution in [2.24, 2.45) is 22.7 Å². The molecule has 0 heterocycles. The van der Waals surface area contributed by atoms with E-state index in [1.54, 1.807) is 79.0 Å². The molecule has 0 aromatic rings. The SMILES string of the molecule is CC(=O)NC(=NCCCC(CC(CC=CC(CC(CC(CC=CC(CC(CC=CC(CC(CC(=O)C(C)C(CC=CC=CC=CC=CC=CC=CC(OC(C)=O)C(C)C(OC(C)=O)C(C)C=CCCC=CC=CC=C(C)C(=O)O)OS(=O)(=O)O)OC(C)=O)OC(C)=O)OC(C)=O)OC(C)=O)OC(C)=O)OC(C)=O)OC(C)=O)OC(C)=O)OC(C)=O)NC(C)=O. The molecule has 2 amide bonds. The van der Waals surface area contributed by atoms with Crippen LogP contribution in [-0.2, 0) is 139 Å². The Morgan fingerprint density at radius 2 is 0.750 bits per heavy atom. The Morgan fingerprint density at radius 3 is 1.19 bits per heavy atom. The summed E-state index contributed by atoms with van der Waals surface area (Å²) in [4.78, 5) is 189. The van der Waals surface area contributed by atoms with Crippen molar-refractivity contribution < 1.29 is 146 Å². The number of guanidine groups is 1. The molecule has 0 bridgehead atoms. The second-order valence-electron chi connectivity index (χ2n) is 28.7. The first-order valence-corrected chi connectivity index (χ1v) is 41.7. The fourth-order valence-electron chi connectivity index (χ4n) is 12.0. The maximum Gasteiger partial charge on any atom is 0.397 e. The van der Waals surface area contributed by atoms with E-state index in [9.17, 15) is 84.9 Å². The molecule has 0 aliphatic heterocycles. The molecule has 0 aliphatic carbocycles. The minimum absolute atomic E-state index is 0.00597. The third-order valence-corrected chi connectivity index (χ3v) is 17.5. The number of allylic oxidation sites excluding steroid dienone is 16. The number of aliphatic imine (C=N–C) groups is 1. The molecular formula is C89H125N3O31S. The topological polar surface area (TPSA) is 478 Å². The summed E-state index contributed by atoms with van der Waals surface area (Å²) in [5, 5.41) is 13.8. The van der Waals surface area contributed by atoms with Gasteiger partial charge in [-0.2, -0.15) is 8.42 Å². The molecule has 0 aromatic heterocycles. The van der Waals surface area contributed by atoms with Crippen LogP contribution in [0.5, 0.6) is 0 Å². The second-order valence-corrected chi connectivity index (χ2v) is 29.7. The summed E-state index contributed by atoms with van der Waals surface area (Å²) in [6.07, 6.45) is 28.8. The van der Waals surface area contributed by atoms with Crippen molar-refractivity contribution in [1.82, 2.24) is 10.6 Å². The number of nitrogens with one attached hydrogen (secondary N) is 2. The number of carboxylic acids is 1. The van der Waals surface area contributed by atoms with Crippen LogP contribution < -0.4 is 10.6 Å². The van der Waals surface area contributed by atoms with Crippen LogP contribution in [0.25, 0.3) is 0 Å². The van der Waals surface area contributed by atoms with Crippen LogP contribution in [0.15, 0.2) is 162 Å². The quantitative estimate of drug-likeness (QED) is 0.00506. The zero-order valence-electron chi connectivity index (χ0n) is 73.8. The monoisotopic (exact) mass is 1760 g/mol. The Hall–Kier alpha value is -11.6. The van der Waals surface area contributed by atoms with Gasteiger partial charge in [-0.05, 0) is 63.3 Å². The number of esters is 11. The zero-order chi connectivity index (χ0) is 93.9. The molecule has 124 heavy (non-hydrogen) atoms. The van der Waals surface area contributed by atoms with Crippen LogP contribution in [0.1, 0.15) is 208 Å². The molecule has 688 valence electrons. The van der Waals surface area contributed by atoms with Crippen molar-refractivity contribution >= 4 is 106 Å². The van der Waals surface area contributed by atoms with E-state index in [1.807, 2.05) is 38.2 Å².